The van der Waals surface area contributed by atoms with Gasteiger partial charge < -0.3 is 10.2 Å². The molecule has 0 aliphatic rings. The third-order valence-corrected chi connectivity index (χ3v) is 2.20. The van der Waals surface area contributed by atoms with E-state index in [-0.39, 0.29) is 6.42 Å². The van der Waals surface area contributed by atoms with Crippen molar-refractivity contribution in [1.82, 2.24) is 9.78 Å². The van der Waals surface area contributed by atoms with E-state index in [2.05, 4.69) is 5.10 Å². The van der Waals surface area contributed by atoms with Crippen LogP contribution in [0.1, 0.15) is 18.2 Å². The number of aliphatic hydroxyl groups is 1. The Kier molecular flexibility index (Phi) is 3.24. The molecule has 14 heavy (non-hydrogen) atoms. The first kappa shape index (κ1) is 10.7. The molecule has 0 radical (unpaired) electrons. The molecule has 1 atom stereocenters. The van der Waals surface area contributed by atoms with Crippen LogP contribution in [0.5, 0.6) is 0 Å². The molecule has 78 valence electrons. The van der Waals surface area contributed by atoms with Crippen LogP contribution in [-0.2, 0) is 17.8 Å². The van der Waals surface area contributed by atoms with E-state index in [9.17, 15) is 4.79 Å². The van der Waals surface area contributed by atoms with E-state index in [1.54, 1.807) is 10.9 Å². The van der Waals surface area contributed by atoms with Crippen LogP contribution >= 0.6 is 0 Å². The average molecular weight is 198 g/mol. The van der Waals surface area contributed by atoms with E-state index < -0.39 is 12.1 Å². The molecule has 1 aromatic rings. The monoisotopic (exact) mass is 198 g/mol. The second-order valence-corrected chi connectivity index (χ2v) is 3.13. The zero-order valence-corrected chi connectivity index (χ0v) is 8.27. The summed E-state index contributed by atoms with van der Waals surface area (Å²) in [5.74, 6) is -1.20. The van der Waals surface area contributed by atoms with Crippen LogP contribution in [0.15, 0.2) is 6.20 Å². The Hall–Kier alpha value is -1.36. The lowest BCUT2D eigenvalue weighted by atomic mass is 10.1. The van der Waals surface area contributed by atoms with Crippen LogP contribution < -0.4 is 0 Å². The minimum Gasteiger partial charge on any atom is -0.479 e. The average Bonchev–Trinajstić information content (AvgIpc) is 2.47. The highest BCUT2D eigenvalue weighted by Gasteiger charge is 2.16. The van der Waals surface area contributed by atoms with Crippen LogP contribution in [0.2, 0.25) is 0 Å². The van der Waals surface area contributed by atoms with Gasteiger partial charge in [0, 0.05) is 18.7 Å². The number of carboxylic acid groups (broad SMARTS) is 1. The third-order valence-electron chi connectivity index (χ3n) is 2.20. The predicted octanol–water partition coefficient (Wildman–Crippen LogP) is 0.199. The molecule has 0 saturated heterocycles. The van der Waals surface area contributed by atoms with Crippen LogP contribution in [0, 0.1) is 6.92 Å². The number of aryl methyl sites for hydroxylation is 1. The first-order valence-electron chi connectivity index (χ1n) is 4.48. The summed E-state index contributed by atoms with van der Waals surface area (Å²) < 4.78 is 1.77. The summed E-state index contributed by atoms with van der Waals surface area (Å²) in [6.45, 7) is 4.56. The summed E-state index contributed by atoms with van der Waals surface area (Å²) >= 11 is 0. The van der Waals surface area contributed by atoms with E-state index in [1.165, 1.54) is 0 Å². The van der Waals surface area contributed by atoms with Gasteiger partial charge in [-0.2, -0.15) is 5.10 Å². The zero-order valence-electron chi connectivity index (χ0n) is 8.27. The summed E-state index contributed by atoms with van der Waals surface area (Å²) in [7, 11) is 0. The first-order chi connectivity index (χ1) is 6.56. The maximum absolute atomic E-state index is 10.4. The van der Waals surface area contributed by atoms with Gasteiger partial charge in [0.25, 0.3) is 0 Å². The standard InChI is InChI=1S/C9H14N2O3/c1-3-11-6(2)7(5-10-11)4-8(12)9(13)14/h5,8,12H,3-4H2,1-2H3,(H,13,14). The van der Waals surface area contributed by atoms with Crippen molar-refractivity contribution < 1.29 is 15.0 Å². The molecule has 0 aliphatic heterocycles. The van der Waals surface area contributed by atoms with Crippen LogP contribution in [0.4, 0.5) is 0 Å². The fourth-order valence-corrected chi connectivity index (χ4v) is 1.30. The Balaban J connectivity index is 2.77. The van der Waals surface area contributed by atoms with Crippen LogP contribution in [0.25, 0.3) is 0 Å². The molecule has 5 heteroatoms. The number of carboxylic acids is 1. The molecular weight excluding hydrogens is 184 g/mol. The highest BCUT2D eigenvalue weighted by Crippen LogP contribution is 2.09. The maximum atomic E-state index is 10.4. The number of rotatable bonds is 4. The Morgan fingerprint density at radius 1 is 1.71 bits per heavy atom. The fraction of sp³-hybridized carbons (Fsp3) is 0.556. The van der Waals surface area contributed by atoms with Crippen molar-refractivity contribution in [3.63, 3.8) is 0 Å². The minimum atomic E-state index is -1.34. The van der Waals surface area contributed by atoms with Crippen LogP contribution in [0.3, 0.4) is 0 Å². The molecule has 0 aliphatic carbocycles. The summed E-state index contributed by atoms with van der Waals surface area (Å²) in [6, 6.07) is 0. The molecule has 0 fully saturated rings. The summed E-state index contributed by atoms with van der Waals surface area (Å²) in [5, 5.41) is 21.7. The van der Waals surface area contributed by atoms with E-state index in [4.69, 9.17) is 10.2 Å². The Bertz CT molecular complexity index is 333. The number of aliphatic carboxylic acids is 1. The zero-order chi connectivity index (χ0) is 10.7. The lowest BCUT2D eigenvalue weighted by Gasteiger charge is -2.05. The Morgan fingerprint density at radius 2 is 2.36 bits per heavy atom. The molecule has 2 N–H and O–H groups in total. The Morgan fingerprint density at radius 3 is 2.79 bits per heavy atom. The highest BCUT2D eigenvalue weighted by molar-refractivity contribution is 5.72. The summed E-state index contributed by atoms with van der Waals surface area (Å²) in [5.41, 5.74) is 1.69. The van der Waals surface area contributed by atoms with Crippen molar-refractivity contribution in [2.45, 2.75) is 32.9 Å². The van der Waals surface area contributed by atoms with Crippen LogP contribution in [-0.4, -0.2) is 32.1 Å². The van der Waals surface area contributed by atoms with Gasteiger partial charge in [-0.1, -0.05) is 0 Å². The van der Waals surface area contributed by atoms with E-state index in [0.717, 1.165) is 17.8 Å². The van der Waals surface area contributed by atoms with Crippen molar-refractivity contribution in [1.29, 1.82) is 0 Å². The predicted molar refractivity (Wildman–Crippen MR) is 50.0 cm³/mol. The highest BCUT2D eigenvalue weighted by atomic mass is 16.4. The maximum Gasteiger partial charge on any atom is 0.332 e. The molecule has 0 aromatic carbocycles. The number of aliphatic hydroxyl groups excluding tert-OH is 1. The SMILES string of the molecule is CCn1ncc(CC(O)C(=O)O)c1C. The van der Waals surface area contributed by atoms with E-state index in [1.807, 2.05) is 13.8 Å². The normalized spacial score (nSPS) is 12.8. The van der Waals surface area contributed by atoms with Gasteiger partial charge >= 0.3 is 5.97 Å². The summed E-state index contributed by atoms with van der Waals surface area (Å²) in [4.78, 5) is 10.4. The van der Waals surface area contributed by atoms with E-state index in [0.29, 0.717) is 0 Å². The van der Waals surface area contributed by atoms with Crippen molar-refractivity contribution in [2.75, 3.05) is 0 Å². The lowest BCUT2D eigenvalue weighted by molar-refractivity contribution is -0.146. The van der Waals surface area contributed by atoms with Gasteiger partial charge in [0.2, 0.25) is 0 Å². The van der Waals surface area contributed by atoms with Gasteiger partial charge in [0.1, 0.15) is 0 Å². The number of carbonyl (C=O) groups is 1. The van der Waals surface area contributed by atoms with E-state index >= 15 is 0 Å². The fourth-order valence-electron chi connectivity index (χ4n) is 1.30. The molecule has 0 amide bonds. The van der Waals surface area contributed by atoms with Gasteiger partial charge in [-0.25, -0.2) is 4.79 Å². The topological polar surface area (TPSA) is 75.3 Å². The second-order valence-electron chi connectivity index (χ2n) is 3.13. The van der Waals surface area contributed by atoms with Crippen molar-refractivity contribution in [2.24, 2.45) is 0 Å². The Labute approximate surface area is 82.0 Å². The number of hydrogen-bond acceptors (Lipinski definition) is 3. The molecule has 0 saturated carbocycles. The van der Waals surface area contributed by atoms with Gasteiger partial charge in [-0.05, 0) is 19.4 Å². The number of hydrogen-bond donors (Lipinski definition) is 2. The van der Waals surface area contributed by atoms with Gasteiger partial charge in [-0.3, -0.25) is 4.68 Å². The van der Waals surface area contributed by atoms with Crippen molar-refractivity contribution in [3.05, 3.63) is 17.5 Å². The van der Waals surface area contributed by atoms with Crippen molar-refractivity contribution >= 4 is 5.97 Å². The third kappa shape index (κ3) is 2.11. The lowest BCUT2D eigenvalue weighted by Crippen LogP contribution is -2.22. The molecule has 5 nitrogen and oxygen atoms in total. The first-order valence-corrected chi connectivity index (χ1v) is 4.48. The number of nitrogens with zero attached hydrogens (tertiary/aromatic N) is 2. The minimum absolute atomic E-state index is 0.112. The molecule has 0 spiro atoms. The smallest absolute Gasteiger partial charge is 0.332 e. The summed E-state index contributed by atoms with van der Waals surface area (Å²) in [6.07, 6.45) is 0.370. The molecule has 1 unspecified atom stereocenters. The molecule has 1 rings (SSSR count). The molecular formula is C9H14N2O3. The van der Waals surface area contributed by atoms with Gasteiger partial charge in [0.15, 0.2) is 6.10 Å². The number of aromatic nitrogens is 2. The van der Waals surface area contributed by atoms with Gasteiger partial charge in [-0.15, -0.1) is 0 Å². The van der Waals surface area contributed by atoms with Gasteiger partial charge in [0.05, 0.1) is 6.20 Å². The molecule has 0 bridgehead atoms. The largest absolute Gasteiger partial charge is 0.479 e. The second kappa shape index (κ2) is 4.23. The molecule has 1 heterocycles. The van der Waals surface area contributed by atoms with Crippen molar-refractivity contribution in [3.8, 4) is 0 Å². The molecule has 1 aromatic heterocycles. The quantitative estimate of drug-likeness (QED) is 0.724.